The number of carboxylic acids is 1. The van der Waals surface area contributed by atoms with E-state index in [1.54, 1.807) is 24.5 Å². The highest BCUT2D eigenvalue weighted by Crippen LogP contribution is 2.48. The van der Waals surface area contributed by atoms with Crippen molar-refractivity contribution < 1.29 is 32.3 Å². The predicted molar refractivity (Wildman–Crippen MR) is 105 cm³/mol. The van der Waals surface area contributed by atoms with Crippen molar-refractivity contribution in [3.05, 3.63) is 65.6 Å². The van der Waals surface area contributed by atoms with Gasteiger partial charge in [-0.15, -0.1) is 11.3 Å². The van der Waals surface area contributed by atoms with Gasteiger partial charge in [-0.05, 0) is 48.2 Å². The van der Waals surface area contributed by atoms with E-state index in [1.807, 2.05) is 17.5 Å². The first-order valence-electron chi connectivity index (χ1n) is 8.87. The Bertz CT molecular complexity index is 1040. The molecule has 0 saturated heterocycles. The summed E-state index contributed by atoms with van der Waals surface area (Å²) in [7, 11) is 0. The molecule has 1 aromatic carbocycles. The molecule has 4 rings (SSSR count). The Hall–Kier alpha value is -3.34. The fourth-order valence-corrected chi connectivity index (χ4v) is 3.28. The number of aromatic nitrogens is 2. The van der Waals surface area contributed by atoms with E-state index in [4.69, 9.17) is 9.90 Å². The quantitative estimate of drug-likeness (QED) is 0.558. The summed E-state index contributed by atoms with van der Waals surface area (Å²) < 4.78 is 44.7. The van der Waals surface area contributed by atoms with Crippen molar-refractivity contribution in [3.63, 3.8) is 0 Å². The normalized spacial score (nSPS) is 17.3. The standard InChI is InChI=1S/C18H14FN3OS.C2HF3O2/c19-13-4-1-11(2-5-13)16-6-3-12(10-21-16)14-9-15(14)17(23)22-18-20-7-8-24-18;3-2(4,5)1(6)7/h1-8,10,14-15H,9H2,(H,20,22,23);(H,6,7)/t14-,15+;/m0./s1. The molecule has 1 amide bonds. The number of amides is 1. The molecule has 0 radical (unpaired) electrons. The lowest BCUT2D eigenvalue weighted by atomic mass is 10.1. The van der Waals surface area contributed by atoms with Crippen molar-refractivity contribution >= 4 is 28.3 Å². The summed E-state index contributed by atoms with van der Waals surface area (Å²) in [6.07, 6.45) is -0.780. The second kappa shape index (κ2) is 9.21. The fourth-order valence-electron chi connectivity index (χ4n) is 2.75. The van der Waals surface area contributed by atoms with E-state index in [0.29, 0.717) is 5.13 Å². The highest BCUT2D eigenvalue weighted by molar-refractivity contribution is 7.13. The van der Waals surface area contributed by atoms with Gasteiger partial charge in [0.2, 0.25) is 5.91 Å². The molecule has 2 N–H and O–H groups in total. The van der Waals surface area contributed by atoms with Crippen molar-refractivity contribution in [2.75, 3.05) is 5.32 Å². The summed E-state index contributed by atoms with van der Waals surface area (Å²) in [6, 6.07) is 10.2. The Morgan fingerprint density at radius 1 is 1.10 bits per heavy atom. The first-order valence-corrected chi connectivity index (χ1v) is 9.75. The zero-order valence-electron chi connectivity index (χ0n) is 15.6. The molecule has 2 atom stereocenters. The number of rotatable bonds is 4. The van der Waals surface area contributed by atoms with Crippen LogP contribution in [0.3, 0.4) is 0 Å². The molecule has 0 spiro atoms. The molecule has 0 aliphatic heterocycles. The van der Waals surface area contributed by atoms with Crippen LogP contribution in [-0.4, -0.2) is 33.1 Å². The van der Waals surface area contributed by atoms with Crippen LogP contribution in [0.1, 0.15) is 17.9 Å². The number of carbonyl (C=O) groups excluding carboxylic acids is 1. The third-order valence-electron chi connectivity index (χ3n) is 4.39. The maximum absolute atomic E-state index is 13.0. The minimum atomic E-state index is -5.08. The van der Waals surface area contributed by atoms with Crippen molar-refractivity contribution in [1.29, 1.82) is 0 Å². The number of alkyl halides is 3. The number of aliphatic carboxylic acids is 1. The average molecular weight is 453 g/mol. The Labute approximate surface area is 177 Å². The summed E-state index contributed by atoms with van der Waals surface area (Å²) in [5.41, 5.74) is 2.72. The molecule has 1 aliphatic carbocycles. The Kier molecular flexibility index (Phi) is 6.64. The molecule has 0 unspecified atom stereocenters. The minimum Gasteiger partial charge on any atom is -0.475 e. The van der Waals surface area contributed by atoms with Gasteiger partial charge in [0.1, 0.15) is 5.82 Å². The van der Waals surface area contributed by atoms with E-state index in [-0.39, 0.29) is 23.6 Å². The van der Waals surface area contributed by atoms with Crippen LogP contribution < -0.4 is 5.32 Å². The number of hydrogen-bond donors (Lipinski definition) is 2. The molecule has 6 nitrogen and oxygen atoms in total. The first kappa shape index (κ1) is 22.3. The smallest absolute Gasteiger partial charge is 0.475 e. The maximum Gasteiger partial charge on any atom is 0.490 e. The lowest BCUT2D eigenvalue weighted by molar-refractivity contribution is -0.192. The van der Waals surface area contributed by atoms with Crippen LogP contribution in [0.15, 0.2) is 54.2 Å². The summed E-state index contributed by atoms with van der Waals surface area (Å²) >= 11 is 1.41. The van der Waals surface area contributed by atoms with Gasteiger partial charge in [0.15, 0.2) is 5.13 Å². The number of pyridine rings is 1. The second-order valence-electron chi connectivity index (χ2n) is 6.56. The van der Waals surface area contributed by atoms with E-state index >= 15 is 0 Å². The number of benzene rings is 1. The summed E-state index contributed by atoms with van der Waals surface area (Å²) in [5.74, 6) is -2.82. The monoisotopic (exact) mass is 453 g/mol. The number of carbonyl (C=O) groups is 2. The van der Waals surface area contributed by atoms with Crippen molar-refractivity contribution in [3.8, 4) is 11.3 Å². The summed E-state index contributed by atoms with van der Waals surface area (Å²) in [4.78, 5) is 29.6. The first-order chi connectivity index (χ1) is 14.6. The van der Waals surface area contributed by atoms with Crippen LogP contribution in [0.2, 0.25) is 0 Å². The second-order valence-corrected chi connectivity index (χ2v) is 7.46. The maximum atomic E-state index is 13.0. The van der Waals surface area contributed by atoms with E-state index in [9.17, 15) is 22.4 Å². The molecule has 2 aromatic heterocycles. The molecule has 3 aromatic rings. The number of nitrogens with zero attached hydrogens (tertiary/aromatic N) is 2. The highest BCUT2D eigenvalue weighted by Gasteiger charge is 2.44. The van der Waals surface area contributed by atoms with Crippen LogP contribution in [0.4, 0.5) is 22.7 Å². The zero-order valence-corrected chi connectivity index (χ0v) is 16.5. The topological polar surface area (TPSA) is 92.2 Å². The molecule has 162 valence electrons. The van der Waals surface area contributed by atoms with Crippen molar-refractivity contribution in [2.45, 2.75) is 18.5 Å². The lowest BCUT2D eigenvalue weighted by Gasteiger charge is -2.04. The lowest BCUT2D eigenvalue weighted by Crippen LogP contribution is -2.21. The average Bonchev–Trinajstić information content (AvgIpc) is 3.37. The van der Waals surface area contributed by atoms with Gasteiger partial charge in [0.25, 0.3) is 0 Å². The molecule has 1 fully saturated rings. The number of halogens is 4. The number of hydrogen-bond acceptors (Lipinski definition) is 5. The summed E-state index contributed by atoms with van der Waals surface area (Å²) in [6.45, 7) is 0. The van der Waals surface area contributed by atoms with Gasteiger partial charge < -0.3 is 10.4 Å². The van der Waals surface area contributed by atoms with Crippen LogP contribution >= 0.6 is 11.3 Å². The number of anilines is 1. The van der Waals surface area contributed by atoms with E-state index in [0.717, 1.165) is 23.2 Å². The fraction of sp³-hybridized carbons (Fsp3) is 0.200. The van der Waals surface area contributed by atoms with E-state index < -0.39 is 12.1 Å². The molecule has 1 saturated carbocycles. The van der Waals surface area contributed by atoms with Crippen LogP contribution in [0.5, 0.6) is 0 Å². The van der Waals surface area contributed by atoms with E-state index in [2.05, 4.69) is 15.3 Å². The number of thiazole rings is 1. The molecule has 11 heteroatoms. The number of nitrogens with one attached hydrogen (secondary N) is 1. The predicted octanol–water partition coefficient (Wildman–Crippen LogP) is 4.72. The Balaban J connectivity index is 0.000000339. The SMILES string of the molecule is O=C(Nc1nccs1)[C@@H]1C[C@H]1c1ccc(-c2ccc(F)cc2)nc1.O=C(O)C(F)(F)F. The Morgan fingerprint density at radius 2 is 1.77 bits per heavy atom. The van der Waals surface area contributed by atoms with E-state index in [1.165, 1.54) is 23.5 Å². The van der Waals surface area contributed by atoms with Crippen LogP contribution in [-0.2, 0) is 9.59 Å². The van der Waals surface area contributed by atoms with Gasteiger partial charge in [0, 0.05) is 29.3 Å². The molecule has 1 aliphatic rings. The van der Waals surface area contributed by atoms with Gasteiger partial charge in [-0.2, -0.15) is 13.2 Å². The molecule has 0 bridgehead atoms. The summed E-state index contributed by atoms with van der Waals surface area (Å²) in [5, 5.41) is 12.4. The van der Waals surface area contributed by atoms with Crippen LogP contribution in [0, 0.1) is 11.7 Å². The molecular weight excluding hydrogens is 438 g/mol. The van der Waals surface area contributed by atoms with Crippen LogP contribution in [0.25, 0.3) is 11.3 Å². The molecule has 31 heavy (non-hydrogen) atoms. The van der Waals surface area contributed by atoms with Gasteiger partial charge >= 0.3 is 12.1 Å². The highest BCUT2D eigenvalue weighted by atomic mass is 32.1. The third-order valence-corrected chi connectivity index (χ3v) is 5.08. The van der Waals surface area contributed by atoms with Gasteiger partial charge in [-0.3, -0.25) is 9.78 Å². The third kappa shape index (κ3) is 6.07. The Morgan fingerprint density at radius 3 is 2.29 bits per heavy atom. The zero-order chi connectivity index (χ0) is 22.6. The van der Waals surface area contributed by atoms with Gasteiger partial charge in [-0.1, -0.05) is 6.07 Å². The van der Waals surface area contributed by atoms with Crippen molar-refractivity contribution in [1.82, 2.24) is 9.97 Å². The molecule has 2 heterocycles. The number of carboxylic acid groups (broad SMARTS) is 1. The minimum absolute atomic E-state index is 0.0116. The van der Waals surface area contributed by atoms with Gasteiger partial charge in [-0.25, -0.2) is 14.2 Å². The molecular formula is C20H15F4N3O3S. The van der Waals surface area contributed by atoms with Gasteiger partial charge in [0.05, 0.1) is 5.69 Å². The largest absolute Gasteiger partial charge is 0.490 e. The van der Waals surface area contributed by atoms with Crippen molar-refractivity contribution in [2.24, 2.45) is 5.92 Å².